The van der Waals surface area contributed by atoms with Crippen LogP contribution < -0.4 is 0 Å². The summed E-state index contributed by atoms with van der Waals surface area (Å²) in [5.74, 6) is 0. The van der Waals surface area contributed by atoms with Crippen molar-refractivity contribution in [3.05, 3.63) is 5.53 Å². The number of rotatable bonds is 3. The summed E-state index contributed by atoms with van der Waals surface area (Å²) in [6.07, 6.45) is 5.54. The van der Waals surface area contributed by atoms with E-state index >= 15 is 0 Å². The van der Waals surface area contributed by atoms with Crippen LogP contribution in [-0.2, 0) is 0 Å². The topological polar surface area (TPSA) is 36.4 Å². The molecular formula is C7H18N2. The Morgan fingerprint density at radius 1 is 1.33 bits per heavy atom. The van der Waals surface area contributed by atoms with Gasteiger partial charge in [0.15, 0.2) is 0 Å². The van der Waals surface area contributed by atoms with Gasteiger partial charge in [0, 0.05) is 1.43 Å². The third kappa shape index (κ3) is 37.7. The maximum atomic E-state index is 7.08. The molecule has 0 N–H and O–H groups in total. The Balaban J connectivity index is -0.000000107. The number of hydrogen-bond acceptors (Lipinski definition) is 0. The van der Waals surface area contributed by atoms with Gasteiger partial charge in [0.25, 0.3) is 0 Å². The van der Waals surface area contributed by atoms with E-state index in [1.165, 1.54) is 25.7 Å². The first-order valence-corrected chi connectivity index (χ1v) is 3.43. The van der Waals surface area contributed by atoms with Crippen molar-refractivity contribution in [2.45, 2.75) is 39.5 Å². The highest BCUT2D eigenvalue weighted by molar-refractivity contribution is 5.12. The fourth-order valence-corrected chi connectivity index (χ4v) is 0.500. The van der Waals surface area contributed by atoms with Crippen molar-refractivity contribution in [3.63, 3.8) is 0 Å². The number of unbranched alkanes of at least 4 members (excludes halogenated alkanes) is 3. The normalized spacial score (nSPS) is 6.89. The van der Waals surface area contributed by atoms with Crippen LogP contribution in [0.3, 0.4) is 0 Å². The molecular weight excluding hydrogens is 112 g/mol. The molecule has 0 aliphatic carbocycles. The van der Waals surface area contributed by atoms with Crippen LogP contribution in [-0.4, -0.2) is 11.5 Å². The first-order valence-electron chi connectivity index (χ1n) is 3.43. The minimum absolute atomic E-state index is 0. The maximum Gasteiger partial charge on any atom is 0.245 e. The van der Waals surface area contributed by atoms with Crippen molar-refractivity contribution in [1.29, 1.82) is 0 Å². The molecule has 0 amide bonds. The van der Waals surface area contributed by atoms with E-state index in [0.29, 0.717) is 0 Å². The Kier molecular flexibility index (Phi) is 19.5. The summed E-state index contributed by atoms with van der Waals surface area (Å²) in [5, 5.41) is 0. The van der Waals surface area contributed by atoms with Gasteiger partial charge in [0.2, 0.25) is 6.72 Å². The van der Waals surface area contributed by atoms with Gasteiger partial charge in [-0.2, -0.15) is 4.79 Å². The van der Waals surface area contributed by atoms with Crippen molar-refractivity contribution in [2.75, 3.05) is 0 Å². The van der Waals surface area contributed by atoms with Crippen molar-refractivity contribution in [3.8, 4) is 0 Å². The average molecular weight is 130 g/mol. The van der Waals surface area contributed by atoms with Crippen LogP contribution in [0.4, 0.5) is 0 Å². The predicted molar refractivity (Wildman–Crippen MR) is 42.7 cm³/mol. The average Bonchev–Trinajstić information content (AvgIpc) is 1.86. The zero-order valence-corrected chi connectivity index (χ0v) is 6.43. The van der Waals surface area contributed by atoms with Crippen LogP contribution in [0.25, 0.3) is 5.53 Å². The Hall–Kier alpha value is -0.620. The Morgan fingerprint density at radius 3 is 1.67 bits per heavy atom. The molecule has 0 saturated carbocycles. The molecule has 0 aromatic heterocycles. The molecule has 0 radical (unpaired) electrons. The zero-order valence-electron chi connectivity index (χ0n) is 6.43. The van der Waals surface area contributed by atoms with Gasteiger partial charge < -0.3 is 5.53 Å². The van der Waals surface area contributed by atoms with Crippen LogP contribution in [0.15, 0.2) is 0 Å². The molecule has 2 heteroatoms. The molecule has 0 bridgehead atoms. The molecule has 56 valence electrons. The van der Waals surface area contributed by atoms with Gasteiger partial charge in [-0.1, -0.05) is 39.5 Å². The van der Waals surface area contributed by atoms with E-state index in [1.54, 1.807) is 0 Å². The van der Waals surface area contributed by atoms with Crippen molar-refractivity contribution in [2.24, 2.45) is 0 Å². The Morgan fingerprint density at radius 2 is 1.56 bits per heavy atom. The highest BCUT2D eigenvalue weighted by Crippen LogP contribution is 1.95. The van der Waals surface area contributed by atoms with Gasteiger partial charge in [-0.15, -0.1) is 0 Å². The van der Waals surface area contributed by atoms with Crippen molar-refractivity contribution >= 4 is 6.72 Å². The second-order valence-electron chi connectivity index (χ2n) is 1.85. The van der Waals surface area contributed by atoms with E-state index in [9.17, 15) is 0 Å². The summed E-state index contributed by atoms with van der Waals surface area (Å²) in [6, 6.07) is 0. The predicted octanol–water partition coefficient (Wildman–Crippen LogP) is 2.75. The molecule has 0 atom stereocenters. The molecule has 0 heterocycles. The number of hydrogen-bond donors (Lipinski definition) is 0. The second kappa shape index (κ2) is 15.7. The maximum absolute atomic E-state index is 7.08. The molecule has 0 saturated heterocycles. The molecule has 0 aromatic carbocycles. The Labute approximate surface area is 59.0 Å². The van der Waals surface area contributed by atoms with E-state index < -0.39 is 0 Å². The lowest BCUT2D eigenvalue weighted by atomic mass is 10.2. The fourth-order valence-electron chi connectivity index (χ4n) is 0.500. The third-order valence-electron chi connectivity index (χ3n) is 0.957. The van der Waals surface area contributed by atoms with E-state index in [1.807, 2.05) is 0 Å². The van der Waals surface area contributed by atoms with Gasteiger partial charge in [-0.25, -0.2) is 0 Å². The summed E-state index contributed by atoms with van der Waals surface area (Å²) in [6.45, 7) is 7.13. The monoisotopic (exact) mass is 130 g/mol. The van der Waals surface area contributed by atoms with E-state index in [4.69, 9.17) is 5.53 Å². The van der Waals surface area contributed by atoms with Gasteiger partial charge in [0.1, 0.15) is 0 Å². The van der Waals surface area contributed by atoms with Crippen LogP contribution in [0.5, 0.6) is 0 Å². The Bertz CT molecular complexity index is 64.0. The van der Waals surface area contributed by atoms with E-state index in [2.05, 4.69) is 25.4 Å². The van der Waals surface area contributed by atoms with Crippen LogP contribution in [0, 0.1) is 0 Å². The van der Waals surface area contributed by atoms with Gasteiger partial charge >= 0.3 is 0 Å². The molecule has 0 fully saturated rings. The summed E-state index contributed by atoms with van der Waals surface area (Å²) < 4.78 is 0. The lowest BCUT2D eigenvalue weighted by molar-refractivity contribution is 0.0110. The van der Waals surface area contributed by atoms with Crippen molar-refractivity contribution in [1.82, 2.24) is 0 Å². The second-order valence-corrected chi connectivity index (χ2v) is 1.85. The highest BCUT2D eigenvalue weighted by Gasteiger charge is 1.75. The lowest BCUT2D eigenvalue weighted by Crippen LogP contribution is -1.66. The third-order valence-corrected chi connectivity index (χ3v) is 0.957. The van der Waals surface area contributed by atoms with Crippen molar-refractivity contribution < 1.29 is 6.22 Å². The fraction of sp³-hybridized carbons (Fsp3) is 0.857. The standard InChI is InChI=1S/C6H14.CH2N2.H2/c1-3-5-6-4-2;1-3-2;/h3-6H2,1-2H3;1H2;1H. The van der Waals surface area contributed by atoms with E-state index in [-0.39, 0.29) is 1.43 Å². The largest absolute Gasteiger partial charge is 0.362 e. The molecule has 0 rings (SSSR count). The van der Waals surface area contributed by atoms with Gasteiger partial charge in [-0.05, 0) is 0 Å². The van der Waals surface area contributed by atoms with Gasteiger partial charge in [-0.3, -0.25) is 0 Å². The van der Waals surface area contributed by atoms with Crippen LogP contribution >= 0.6 is 0 Å². The summed E-state index contributed by atoms with van der Waals surface area (Å²) in [4.78, 5) is 2.25. The quantitative estimate of drug-likeness (QED) is 0.244. The molecule has 2 nitrogen and oxygen atoms in total. The van der Waals surface area contributed by atoms with Crippen LogP contribution in [0.2, 0.25) is 0 Å². The first-order chi connectivity index (χ1) is 4.33. The minimum Gasteiger partial charge on any atom is -0.362 e. The van der Waals surface area contributed by atoms with Gasteiger partial charge in [0.05, 0.1) is 0 Å². The molecule has 0 aliphatic rings. The molecule has 0 unspecified atom stereocenters. The first kappa shape index (κ1) is 11.2. The number of nitrogens with zero attached hydrogens (tertiary/aromatic N) is 2. The molecule has 0 aliphatic heterocycles. The summed E-state index contributed by atoms with van der Waals surface area (Å²) >= 11 is 0. The smallest absolute Gasteiger partial charge is 0.245 e. The highest BCUT2D eigenvalue weighted by atomic mass is 14.8. The minimum atomic E-state index is 0. The molecule has 0 aromatic rings. The summed E-state index contributed by atoms with van der Waals surface area (Å²) in [5.41, 5.74) is 7.08. The zero-order chi connectivity index (χ0) is 7.54. The lowest BCUT2D eigenvalue weighted by Gasteiger charge is -1.86. The molecule has 9 heavy (non-hydrogen) atoms. The van der Waals surface area contributed by atoms with E-state index in [0.717, 1.165) is 0 Å². The SMILES string of the molecule is C=[N+]=[N-].CCCCCC.[HH]. The summed E-state index contributed by atoms with van der Waals surface area (Å²) in [7, 11) is 0. The molecule has 0 spiro atoms. The van der Waals surface area contributed by atoms with Crippen LogP contribution in [0.1, 0.15) is 41.0 Å².